The second-order valence-electron chi connectivity index (χ2n) is 6.36. The highest BCUT2D eigenvalue weighted by Crippen LogP contribution is 2.22. The van der Waals surface area contributed by atoms with Gasteiger partial charge >= 0.3 is 5.97 Å². The molecule has 6 nitrogen and oxygen atoms in total. The lowest BCUT2D eigenvalue weighted by molar-refractivity contribution is 0.0601. The molecule has 7 heteroatoms. The molecule has 146 valence electrons. The maximum atomic E-state index is 13.2. The van der Waals surface area contributed by atoms with E-state index in [9.17, 15) is 9.59 Å². The fourth-order valence-corrected chi connectivity index (χ4v) is 3.57. The number of benzene rings is 2. The van der Waals surface area contributed by atoms with Crippen molar-refractivity contribution in [1.82, 2.24) is 9.55 Å². The van der Waals surface area contributed by atoms with Crippen LogP contribution in [0.1, 0.15) is 24.2 Å². The molecule has 0 amide bonds. The van der Waals surface area contributed by atoms with E-state index in [1.165, 1.54) is 18.9 Å². The Balaban J connectivity index is 2.09. The van der Waals surface area contributed by atoms with Gasteiger partial charge in [-0.25, -0.2) is 9.78 Å². The van der Waals surface area contributed by atoms with Crippen LogP contribution >= 0.6 is 11.8 Å². The monoisotopic (exact) mass is 398 g/mol. The van der Waals surface area contributed by atoms with Crippen LogP contribution in [0.2, 0.25) is 0 Å². The average molecular weight is 398 g/mol. The van der Waals surface area contributed by atoms with E-state index in [-0.39, 0.29) is 11.7 Å². The molecule has 0 N–H and O–H groups in total. The minimum atomic E-state index is -0.463. The molecule has 0 unspecified atom stereocenters. The first kappa shape index (κ1) is 20.1. The largest absolute Gasteiger partial charge is 0.465 e. The van der Waals surface area contributed by atoms with E-state index in [4.69, 9.17) is 9.47 Å². The van der Waals surface area contributed by atoms with E-state index in [1.54, 1.807) is 22.8 Å². The summed E-state index contributed by atoms with van der Waals surface area (Å²) in [7, 11) is 1.32. The Hall–Kier alpha value is -2.64. The Morgan fingerprint density at radius 3 is 2.61 bits per heavy atom. The highest BCUT2D eigenvalue weighted by atomic mass is 32.2. The summed E-state index contributed by atoms with van der Waals surface area (Å²) in [5.74, 6) is 0.190. The minimum Gasteiger partial charge on any atom is -0.465 e. The molecule has 3 aromatic rings. The van der Waals surface area contributed by atoms with Gasteiger partial charge in [0.05, 0.1) is 42.0 Å². The zero-order chi connectivity index (χ0) is 20.1. The van der Waals surface area contributed by atoms with Crippen LogP contribution in [0.25, 0.3) is 16.6 Å². The molecule has 0 bridgehead atoms. The van der Waals surface area contributed by atoms with Crippen molar-refractivity contribution in [2.24, 2.45) is 0 Å². The summed E-state index contributed by atoms with van der Waals surface area (Å²) in [6, 6.07) is 14.2. The Morgan fingerprint density at radius 1 is 1.18 bits per heavy atom. The zero-order valence-electron chi connectivity index (χ0n) is 16.0. The topological polar surface area (TPSA) is 70.4 Å². The van der Waals surface area contributed by atoms with Crippen LogP contribution in [0.3, 0.4) is 0 Å². The number of aromatic nitrogens is 2. The lowest BCUT2D eigenvalue weighted by Gasteiger charge is -2.14. The lowest BCUT2D eigenvalue weighted by atomic mass is 10.1. The molecule has 0 saturated heterocycles. The minimum absolute atomic E-state index is 0.143. The van der Waals surface area contributed by atoms with Gasteiger partial charge in [-0.1, -0.05) is 30.0 Å². The molecule has 0 radical (unpaired) electrons. The number of carbonyl (C=O) groups excluding carboxylic acids is 1. The molecule has 0 aliphatic rings. The summed E-state index contributed by atoms with van der Waals surface area (Å²) >= 11 is 1.44. The molecule has 0 saturated carbocycles. The molecule has 1 aromatic heterocycles. The van der Waals surface area contributed by atoms with E-state index in [2.05, 4.69) is 4.98 Å². The van der Waals surface area contributed by atoms with Crippen LogP contribution in [-0.2, 0) is 9.47 Å². The predicted octanol–water partition coefficient (Wildman–Crippen LogP) is 3.69. The molecule has 2 aromatic carbocycles. The molecule has 0 spiro atoms. The Bertz CT molecular complexity index is 1030. The summed E-state index contributed by atoms with van der Waals surface area (Å²) in [4.78, 5) is 29.7. The van der Waals surface area contributed by atoms with Crippen molar-refractivity contribution < 1.29 is 14.3 Å². The third-order valence-corrected chi connectivity index (χ3v) is 4.94. The first-order valence-corrected chi connectivity index (χ1v) is 9.94. The maximum Gasteiger partial charge on any atom is 0.337 e. The maximum absolute atomic E-state index is 13.2. The first-order valence-electron chi connectivity index (χ1n) is 8.96. The van der Waals surface area contributed by atoms with Crippen LogP contribution in [0, 0.1) is 0 Å². The molecule has 3 rings (SSSR count). The molecular formula is C21H22N2O4S. The van der Waals surface area contributed by atoms with Gasteiger partial charge in [-0.05, 0) is 44.2 Å². The van der Waals surface area contributed by atoms with Crippen molar-refractivity contribution in [2.75, 3.05) is 19.5 Å². The Morgan fingerprint density at radius 2 is 1.93 bits per heavy atom. The lowest BCUT2D eigenvalue weighted by Crippen LogP contribution is -2.22. The van der Waals surface area contributed by atoms with Gasteiger partial charge in [0.1, 0.15) is 0 Å². The fraction of sp³-hybridized carbons (Fsp3) is 0.286. The van der Waals surface area contributed by atoms with Crippen LogP contribution in [0.4, 0.5) is 0 Å². The number of rotatable bonds is 7. The molecule has 1 heterocycles. The van der Waals surface area contributed by atoms with Crippen molar-refractivity contribution in [3.05, 3.63) is 64.4 Å². The van der Waals surface area contributed by atoms with Crippen molar-refractivity contribution in [1.29, 1.82) is 0 Å². The van der Waals surface area contributed by atoms with Crippen molar-refractivity contribution >= 4 is 28.6 Å². The number of carbonyl (C=O) groups is 1. The van der Waals surface area contributed by atoms with Crippen molar-refractivity contribution in [3.8, 4) is 5.69 Å². The van der Waals surface area contributed by atoms with Gasteiger partial charge in [0.15, 0.2) is 5.16 Å². The number of esters is 1. The number of para-hydroxylation sites is 1. The molecule has 28 heavy (non-hydrogen) atoms. The van der Waals surface area contributed by atoms with Crippen LogP contribution in [0.5, 0.6) is 0 Å². The predicted molar refractivity (Wildman–Crippen MR) is 110 cm³/mol. The number of nitrogens with zero attached hydrogens (tertiary/aromatic N) is 2. The normalized spacial score (nSPS) is 11.1. The van der Waals surface area contributed by atoms with Crippen molar-refractivity contribution in [3.63, 3.8) is 0 Å². The van der Waals surface area contributed by atoms with E-state index in [1.807, 2.05) is 44.2 Å². The average Bonchev–Trinajstić information content (AvgIpc) is 2.70. The molecule has 0 aliphatic heterocycles. The summed E-state index contributed by atoms with van der Waals surface area (Å²) in [5, 5.41) is 0.998. The summed E-state index contributed by atoms with van der Waals surface area (Å²) < 4.78 is 12.0. The number of hydrogen-bond donors (Lipinski definition) is 0. The van der Waals surface area contributed by atoms with E-state index in [0.717, 1.165) is 5.69 Å². The third-order valence-electron chi connectivity index (χ3n) is 4.04. The quantitative estimate of drug-likeness (QED) is 0.262. The number of hydrogen-bond acceptors (Lipinski definition) is 6. The highest BCUT2D eigenvalue weighted by Gasteiger charge is 2.15. The van der Waals surface area contributed by atoms with Gasteiger partial charge in [0, 0.05) is 5.75 Å². The third kappa shape index (κ3) is 4.43. The fourth-order valence-electron chi connectivity index (χ4n) is 2.73. The Kier molecular flexibility index (Phi) is 6.49. The number of fused-ring (bicyclic) bond motifs is 1. The van der Waals surface area contributed by atoms with Gasteiger partial charge in [-0.2, -0.15) is 0 Å². The summed E-state index contributed by atoms with van der Waals surface area (Å²) in [6.07, 6.45) is 0.143. The smallest absolute Gasteiger partial charge is 0.337 e. The second kappa shape index (κ2) is 9.03. The number of methoxy groups -OCH3 is 1. The SMILES string of the molecule is COC(=O)c1ccc2c(=O)n(-c3ccccc3)c(SCCOC(C)C)nc2c1. The van der Waals surface area contributed by atoms with Crippen LogP contribution < -0.4 is 5.56 Å². The zero-order valence-corrected chi connectivity index (χ0v) is 16.9. The van der Waals surface area contributed by atoms with Gasteiger partial charge in [0.25, 0.3) is 5.56 Å². The van der Waals surface area contributed by atoms with Crippen LogP contribution in [-0.4, -0.2) is 41.1 Å². The molecular weight excluding hydrogens is 376 g/mol. The van der Waals surface area contributed by atoms with E-state index < -0.39 is 5.97 Å². The second-order valence-corrected chi connectivity index (χ2v) is 7.42. The molecule has 0 fully saturated rings. The van der Waals surface area contributed by atoms with Crippen LogP contribution in [0.15, 0.2) is 58.5 Å². The highest BCUT2D eigenvalue weighted by molar-refractivity contribution is 7.99. The molecule has 0 aliphatic carbocycles. The van der Waals surface area contributed by atoms with Gasteiger partial charge < -0.3 is 9.47 Å². The number of thioether (sulfide) groups is 1. The van der Waals surface area contributed by atoms with Crippen molar-refractivity contribution in [2.45, 2.75) is 25.1 Å². The van der Waals surface area contributed by atoms with Gasteiger partial charge in [0.2, 0.25) is 0 Å². The molecule has 0 atom stereocenters. The Labute approximate surface area is 167 Å². The standard InChI is InChI=1S/C21H22N2O4S/c1-14(2)27-11-12-28-21-22-18-13-15(20(25)26-3)9-10-17(18)19(24)23(21)16-7-5-4-6-8-16/h4-10,13-14H,11-12H2,1-3H3. The first-order chi connectivity index (χ1) is 13.5. The summed E-state index contributed by atoms with van der Waals surface area (Å²) in [5.41, 5.74) is 1.39. The van der Waals surface area contributed by atoms with E-state index in [0.29, 0.717) is 34.0 Å². The number of ether oxygens (including phenoxy) is 2. The summed E-state index contributed by atoms with van der Waals surface area (Å²) in [6.45, 7) is 4.51. The van der Waals surface area contributed by atoms with Gasteiger partial charge in [-0.15, -0.1) is 0 Å². The van der Waals surface area contributed by atoms with E-state index >= 15 is 0 Å². The van der Waals surface area contributed by atoms with Gasteiger partial charge in [-0.3, -0.25) is 9.36 Å².